The highest BCUT2D eigenvalue weighted by Gasteiger charge is 2.21. The molecule has 2 fully saturated rings. The number of hydrogen-bond acceptors (Lipinski definition) is 5. The summed E-state index contributed by atoms with van der Waals surface area (Å²) in [4.78, 5) is 9.79. The van der Waals surface area contributed by atoms with Gasteiger partial charge in [0.05, 0.1) is 12.3 Å². The van der Waals surface area contributed by atoms with E-state index in [1.807, 2.05) is 24.3 Å². The first-order valence-corrected chi connectivity index (χ1v) is 11.9. The first-order chi connectivity index (χ1) is 14.8. The lowest BCUT2D eigenvalue weighted by Crippen LogP contribution is -2.26. The van der Waals surface area contributed by atoms with Gasteiger partial charge < -0.3 is 14.1 Å². The lowest BCUT2D eigenvalue weighted by Gasteiger charge is -2.19. The Morgan fingerprint density at radius 1 is 1.00 bits per heavy atom. The zero-order valence-corrected chi connectivity index (χ0v) is 18.5. The van der Waals surface area contributed by atoms with Gasteiger partial charge in [-0.3, -0.25) is 4.90 Å². The maximum Gasteiger partial charge on any atom is 0.226 e. The van der Waals surface area contributed by atoms with E-state index in [0.29, 0.717) is 11.9 Å². The predicted octanol–water partition coefficient (Wildman–Crippen LogP) is 5.36. The summed E-state index contributed by atoms with van der Waals surface area (Å²) in [5.74, 6) is 1.62. The maximum absolute atomic E-state index is 5.94. The number of unbranched alkanes of at least 4 members (excludes halogenated alkanes) is 1. The third kappa shape index (κ3) is 6.08. The van der Waals surface area contributed by atoms with Crippen LogP contribution < -0.4 is 4.74 Å². The second-order valence-electron chi connectivity index (χ2n) is 8.94. The molecule has 2 aliphatic rings. The Kier molecular flexibility index (Phi) is 7.82. The van der Waals surface area contributed by atoms with Crippen molar-refractivity contribution in [3.05, 3.63) is 36.2 Å². The highest BCUT2D eigenvalue weighted by Crippen LogP contribution is 2.24. The Morgan fingerprint density at radius 3 is 2.53 bits per heavy atom. The van der Waals surface area contributed by atoms with E-state index in [1.165, 1.54) is 64.6 Å². The Hall–Kier alpha value is -1.85. The average molecular weight is 412 g/mol. The molecule has 0 amide bonds. The van der Waals surface area contributed by atoms with E-state index in [1.54, 1.807) is 6.26 Å². The monoisotopic (exact) mass is 411 g/mol. The first-order valence-electron chi connectivity index (χ1n) is 11.9. The molecule has 5 heteroatoms. The summed E-state index contributed by atoms with van der Waals surface area (Å²) in [7, 11) is 0. The topological polar surface area (TPSA) is 41.7 Å². The van der Waals surface area contributed by atoms with Gasteiger partial charge in [-0.15, -0.1) is 0 Å². The molecule has 2 saturated heterocycles. The molecule has 0 spiro atoms. The number of likely N-dealkylation sites (tertiary alicyclic amines) is 2. The van der Waals surface area contributed by atoms with Crippen LogP contribution in [0, 0.1) is 0 Å². The Bertz CT molecular complexity index is 750. The van der Waals surface area contributed by atoms with Crippen molar-refractivity contribution in [1.82, 2.24) is 14.8 Å². The first kappa shape index (κ1) is 21.4. The normalized spacial score (nSPS) is 21.0. The average Bonchev–Trinajstić information content (AvgIpc) is 3.30. The van der Waals surface area contributed by atoms with Crippen LogP contribution in [0.25, 0.3) is 11.5 Å². The molecule has 3 heterocycles. The molecule has 0 N–H and O–H groups in total. The number of oxazole rings is 1. The molecule has 1 aromatic carbocycles. The highest BCUT2D eigenvalue weighted by molar-refractivity contribution is 5.54. The number of aromatic nitrogens is 1. The van der Waals surface area contributed by atoms with Gasteiger partial charge in [-0.1, -0.05) is 12.8 Å². The van der Waals surface area contributed by atoms with Gasteiger partial charge in [-0.05, 0) is 95.9 Å². The van der Waals surface area contributed by atoms with Crippen molar-refractivity contribution < 1.29 is 9.15 Å². The third-order valence-electron chi connectivity index (χ3n) is 6.54. The molecule has 5 nitrogen and oxygen atoms in total. The minimum Gasteiger partial charge on any atom is -0.494 e. The molecule has 0 saturated carbocycles. The summed E-state index contributed by atoms with van der Waals surface area (Å²) in [6.45, 7) is 8.89. The Labute approximate surface area is 181 Å². The SMILES string of the molecule is CC1CCCN1Cc1coc(-c2ccc(OCCCCN3CCCCCC3)cc2)n1. The van der Waals surface area contributed by atoms with Gasteiger partial charge in [-0.2, -0.15) is 0 Å². The van der Waals surface area contributed by atoms with Gasteiger partial charge in [0.1, 0.15) is 12.0 Å². The lowest BCUT2D eigenvalue weighted by molar-refractivity contribution is 0.256. The molecule has 1 atom stereocenters. The number of nitrogens with zero attached hydrogens (tertiary/aromatic N) is 3. The van der Waals surface area contributed by atoms with E-state index in [4.69, 9.17) is 14.1 Å². The zero-order valence-electron chi connectivity index (χ0n) is 18.5. The number of ether oxygens (including phenoxy) is 1. The van der Waals surface area contributed by atoms with E-state index in [-0.39, 0.29) is 0 Å². The second-order valence-corrected chi connectivity index (χ2v) is 8.94. The molecule has 1 aromatic heterocycles. The quantitative estimate of drug-likeness (QED) is 0.520. The molecule has 2 aliphatic heterocycles. The molecular formula is C25H37N3O2. The zero-order chi connectivity index (χ0) is 20.6. The minimum absolute atomic E-state index is 0.644. The van der Waals surface area contributed by atoms with Crippen LogP contribution in [-0.4, -0.2) is 53.6 Å². The third-order valence-corrected chi connectivity index (χ3v) is 6.54. The summed E-state index contributed by atoms with van der Waals surface area (Å²) in [5.41, 5.74) is 2.02. The van der Waals surface area contributed by atoms with Gasteiger partial charge in [0, 0.05) is 18.2 Å². The van der Waals surface area contributed by atoms with E-state index < -0.39 is 0 Å². The Morgan fingerprint density at radius 2 is 1.80 bits per heavy atom. The summed E-state index contributed by atoms with van der Waals surface area (Å²) >= 11 is 0. The molecule has 4 rings (SSSR count). The van der Waals surface area contributed by atoms with Gasteiger partial charge in [0.2, 0.25) is 5.89 Å². The van der Waals surface area contributed by atoms with Crippen molar-refractivity contribution in [3.63, 3.8) is 0 Å². The van der Waals surface area contributed by atoms with E-state index in [0.717, 1.165) is 43.1 Å². The number of benzene rings is 1. The summed E-state index contributed by atoms with van der Waals surface area (Å²) in [6.07, 6.45) is 12.2. The van der Waals surface area contributed by atoms with Crippen LogP contribution in [0.5, 0.6) is 5.75 Å². The smallest absolute Gasteiger partial charge is 0.226 e. The van der Waals surface area contributed by atoms with Gasteiger partial charge in [0.25, 0.3) is 0 Å². The molecule has 0 bridgehead atoms. The van der Waals surface area contributed by atoms with Gasteiger partial charge in [0.15, 0.2) is 0 Å². The van der Waals surface area contributed by atoms with Crippen molar-refractivity contribution in [2.75, 3.05) is 32.8 Å². The van der Waals surface area contributed by atoms with Crippen molar-refractivity contribution in [3.8, 4) is 17.2 Å². The van der Waals surface area contributed by atoms with E-state index >= 15 is 0 Å². The van der Waals surface area contributed by atoms with E-state index in [2.05, 4.69) is 16.7 Å². The summed E-state index contributed by atoms with van der Waals surface area (Å²) in [6, 6.07) is 8.78. The highest BCUT2D eigenvalue weighted by atomic mass is 16.5. The van der Waals surface area contributed by atoms with Crippen molar-refractivity contribution in [2.24, 2.45) is 0 Å². The van der Waals surface area contributed by atoms with Crippen molar-refractivity contribution in [1.29, 1.82) is 0 Å². The van der Waals surface area contributed by atoms with Crippen molar-refractivity contribution in [2.45, 2.75) is 70.9 Å². The molecule has 2 aromatic rings. The lowest BCUT2D eigenvalue weighted by atomic mass is 10.2. The van der Waals surface area contributed by atoms with Gasteiger partial charge >= 0.3 is 0 Å². The fraction of sp³-hybridized carbons (Fsp3) is 0.640. The standard InChI is InChI=1S/C25H37N3O2/c1-21-9-8-17-28(21)19-23-20-30-25(26-23)22-10-12-24(13-11-22)29-18-7-6-16-27-14-4-2-3-5-15-27/h10-13,20-21H,2-9,14-19H2,1H3. The fourth-order valence-electron chi connectivity index (χ4n) is 4.63. The molecule has 164 valence electrons. The summed E-state index contributed by atoms with van der Waals surface area (Å²) in [5, 5.41) is 0. The van der Waals surface area contributed by atoms with Crippen LogP contribution in [0.4, 0.5) is 0 Å². The number of hydrogen-bond donors (Lipinski definition) is 0. The van der Waals surface area contributed by atoms with Crippen LogP contribution in [0.3, 0.4) is 0 Å². The molecule has 1 unspecified atom stereocenters. The predicted molar refractivity (Wildman–Crippen MR) is 121 cm³/mol. The Balaban J connectivity index is 1.18. The van der Waals surface area contributed by atoms with Crippen LogP contribution in [0.1, 0.15) is 64.0 Å². The largest absolute Gasteiger partial charge is 0.494 e. The van der Waals surface area contributed by atoms with Crippen LogP contribution in [0.15, 0.2) is 34.9 Å². The maximum atomic E-state index is 5.94. The van der Waals surface area contributed by atoms with Crippen LogP contribution in [0.2, 0.25) is 0 Å². The molecular weight excluding hydrogens is 374 g/mol. The van der Waals surface area contributed by atoms with Crippen molar-refractivity contribution >= 4 is 0 Å². The van der Waals surface area contributed by atoms with Gasteiger partial charge in [-0.25, -0.2) is 4.98 Å². The number of rotatable bonds is 9. The molecule has 30 heavy (non-hydrogen) atoms. The second kappa shape index (κ2) is 11.0. The summed E-state index contributed by atoms with van der Waals surface area (Å²) < 4.78 is 11.7. The molecule has 0 radical (unpaired) electrons. The van der Waals surface area contributed by atoms with Crippen LogP contribution in [-0.2, 0) is 6.54 Å². The van der Waals surface area contributed by atoms with E-state index in [9.17, 15) is 0 Å². The fourth-order valence-corrected chi connectivity index (χ4v) is 4.63. The van der Waals surface area contributed by atoms with Crippen LogP contribution >= 0.6 is 0 Å². The minimum atomic E-state index is 0.644. The molecule has 0 aliphatic carbocycles.